The van der Waals surface area contributed by atoms with Gasteiger partial charge in [0.1, 0.15) is 11.6 Å². The standard InChI is InChI=1S/C18H21FN2O5/c19-14-9-12(26-15-3-4-16(22)20-18(15)25)1-2-13(14)11-5-7-21(8-6-11)10-17(23)24/h1-2,9,11,15H,3-8,10H2,(H,23,24)(H,20,22,25). The highest BCUT2D eigenvalue weighted by atomic mass is 19.1. The minimum absolute atomic E-state index is 0.00787. The fourth-order valence-corrected chi connectivity index (χ4v) is 3.46. The molecule has 0 radical (unpaired) electrons. The van der Waals surface area contributed by atoms with Crippen LogP contribution in [0.15, 0.2) is 18.2 Å². The van der Waals surface area contributed by atoms with Crippen LogP contribution in [-0.2, 0) is 14.4 Å². The van der Waals surface area contributed by atoms with Gasteiger partial charge in [-0.3, -0.25) is 24.6 Å². The van der Waals surface area contributed by atoms with Gasteiger partial charge >= 0.3 is 5.97 Å². The number of amides is 2. The van der Waals surface area contributed by atoms with E-state index < -0.39 is 23.8 Å². The van der Waals surface area contributed by atoms with Gasteiger partial charge in [0, 0.05) is 18.9 Å². The van der Waals surface area contributed by atoms with Crippen LogP contribution in [0.2, 0.25) is 0 Å². The summed E-state index contributed by atoms with van der Waals surface area (Å²) in [6.45, 7) is 1.24. The van der Waals surface area contributed by atoms with E-state index in [0.717, 1.165) is 0 Å². The van der Waals surface area contributed by atoms with Crippen LogP contribution >= 0.6 is 0 Å². The molecule has 8 heteroatoms. The van der Waals surface area contributed by atoms with E-state index in [1.54, 1.807) is 12.1 Å². The molecule has 2 N–H and O–H groups in total. The van der Waals surface area contributed by atoms with E-state index >= 15 is 0 Å². The molecule has 0 spiro atoms. The number of carbonyl (C=O) groups excluding carboxylic acids is 2. The Balaban J connectivity index is 1.60. The summed E-state index contributed by atoms with van der Waals surface area (Å²) in [6, 6.07) is 4.56. The largest absolute Gasteiger partial charge is 0.480 e. The van der Waals surface area contributed by atoms with Gasteiger partial charge < -0.3 is 9.84 Å². The Morgan fingerprint density at radius 2 is 2.00 bits per heavy atom. The van der Waals surface area contributed by atoms with Gasteiger partial charge in [-0.15, -0.1) is 0 Å². The Kier molecular flexibility index (Phi) is 5.51. The Morgan fingerprint density at radius 1 is 1.27 bits per heavy atom. The normalized spacial score (nSPS) is 22.1. The van der Waals surface area contributed by atoms with Crippen LogP contribution in [0.25, 0.3) is 0 Å². The quantitative estimate of drug-likeness (QED) is 0.764. The first kappa shape index (κ1) is 18.3. The lowest BCUT2D eigenvalue weighted by atomic mass is 9.89. The van der Waals surface area contributed by atoms with Gasteiger partial charge in [-0.05, 0) is 43.5 Å². The minimum atomic E-state index is -0.857. The third kappa shape index (κ3) is 4.37. The molecule has 1 atom stereocenters. The van der Waals surface area contributed by atoms with Crippen molar-refractivity contribution in [1.29, 1.82) is 0 Å². The number of rotatable bonds is 5. The molecule has 2 fully saturated rings. The van der Waals surface area contributed by atoms with Crippen molar-refractivity contribution in [2.45, 2.75) is 37.7 Å². The summed E-state index contributed by atoms with van der Waals surface area (Å²) in [5.74, 6) is -1.80. The molecule has 0 aliphatic carbocycles. The van der Waals surface area contributed by atoms with E-state index in [0.29, 0.717) is 31.5 Å². The molecule has 2 aliphatic rings. The Labute approximate surface area is 150 Å². The minimum Gasteiger partial charge on any atom is -0.480 e. The molecule has 0 aromatic heterocycles. The number of hydrogen-bond acceptors (Lipinski definition) is 5. The van der Waals surface area contributed by atoms with Crippen molar-refractivity contribution in [3.05, 3.63) is 29.6 Å². The summed E-state index contributed by atoms with van der Waals surface area (Å²) < 4.78 is 20.0. The van der Waals surface area contributed by atoms with E-state index in [9.17, 15) is 18.8 Å². The second-order valence-electron chi connectivity index (χ2n) is 6.69. The fourth-order valence-electron chi connectivity index (χ4n) is 3.46. The predicted octanol–water partition coefficient (Wildman–Crippen LogP) is 1.27. The zero-order chi connectivity index (χ0) is 18.7. The number of ether oxygens (including phenoxy) is 1. The molecule has 0 saturated carbocycles. The van der Waals surface area contributed by atoms with Crippen LogP contribution in [0.4, 0.5) is 4.39 Å². The second-order valence-corrected chi connectivity index (χ2v) is 6.69. The third-order valence-electron chi connectivity index (χ3n) is 4.83. The zero-order valence-electron chi connectivity index (χ0n) is 14.2. The van der Waals surface area contributed by atoms with Crippen LogP contribution in [0.5, 0.6) is 5.75 Å². The lowest BCUT2D eigenvalue weighted by Gasteiger charge is -2.31. The maximum Gasteiger partial charge on any atom is 0.317 e. The number of aliphatic carboxylic acids is 1. The monoisotopic (exact) mass is 364 g/mol. The van der Waals surface area contributed by atoms with Gasteiger partial charge in [0.2, 0.25) is 5.91 Å². The molecule has 26 heavy (non-hydrogen) atoms. The van der Waals surface area contributed by atoms with Gasteiger partial charge in [0.15, 0.2) is 6.10 Å². The highest BCUT2D eigenvalue weighted by Gasteiger charge is 2.29. The van der Waals surface area contributed by atoms with E-state index in [4.69, 9.17) is 9.84 Å². The van der Waals surface area contributed by atoms with Crippen molar-refractivity contribution in [2.24, 2.45) is 0 Å². The molecule has 1 unspecified atom stereocenters. The summed E-state index contributed by atoms with van der Waals surface area (Å²) >= 11 is 0. The predicted molar refractivity (Wildman–Crippen MR) is 89.3 cm³/mol. The number of hydrogen-bond donors (Lipinski definition) is 2. The van der Waals surface area contributed by atoms with Gasteiger partial charge in [0.05, 0.1) is 6.54 Å². The van der Waals surface area contributed by atoms with E-state index in [1.807, 2.05) is 4.90 Å². The Morgan fingerprint density at radius 3 is 2.62 bits per heavy atom. The molecule has 3 rings (SSSR count). The second kappa shape index (κ2) is 7.82. The van der Waals surface area contributed by atoms with Crippen molar-refractivity contribution in [2.75, 3.05) is 19.6 Å². The first-order valence-corrected chi connectivity index (χ1v) is 8.66. The lowest BCUT2D eigenvalue weighted by molar-refractivity contribution is -0.139. The molecule has 0 bridgehead atoms. The van der Waals surface area contributed by atoms with E-state index in [1.165, 1.54) is 6.07 Å². The van der Waals surface area contributed by atoms with Gasteiger partial charge in [-0.25, -0.2) is 4.39 Å². The average Bonchev–Trinajstić information content (AvgIpc) is 2.58. The maximum absolute atomic E-state index is 14.5. The number of imide groups is 1. The van der Waals surface area contributed by atoms with Crippen LogP contribution in [0, 0.1) is 5.82 Å². The number of likely N-dealkylation sites (tertiary alicyclic amines) is 1. The topological polar surface area (TPSA) is 95.9 Å². The smallest absolute Gasteiger partial charge is 0.317 e. The Bertz CT molecular complexity index is 716. The molecular formula is C18H21FN2O5. The molecule has 140 valence electrons. The van der Waals surface area contributed by atoms with E-state index in [-0.39, 0.29) is 37.0 Å². The van der Waals surface area contributed by atoms with Crippen LogP contribution in [0.3, 0.4) is 0 Å². The van der Waals surface area contributed by atoms with Crippen molar-refractivity contribution < 1.29 is 28.6 Å². The first-order chi connectivity index (χ1) is 12.4. The van der Waals surface area contributed by atoms with Gasteiger partial charge in [-0.2, -0.15) is 0 Å². The van der Waals surface area contributed by atoms with Crippen molar-refractivity contribution in [3.63, 3.8) is 0 Å². The molecule has 7 nitrogen and oxygen atoms in total. The first-order valence-electron chi connectivity index (χ1n) is 8.66. The number of carboxylic acids is 1. The molecule has 2 heterocycles. The summed E-state index contributed by atoms with van der Waals surface area (Å²) in [5.41, 5.74) is 0.579. The number of nitrogens with one attached hydrogen (secondary N) is 1. The van der Waals surface area contributed by atoms with Gasteiger partial charge in [0.25, 0.3) is 5.91 Å². The molecule has 2 aliphatic heterocycles. The summed E-state index contributed by atoms with van der Waals surface area (Å²) in [4.78, 5) is 35.5. The number of carboxylic acid groups (broad SMARTS) is 1. The van der Waals surface area contributed by atoms with Crippen LogP contribution in [0.1, 0.15) is 37.2 Å². The molecule has 1 aromatic carbocycles. The summed E-state index contributed by atoms with van der Waals surface area (Å²) in [5, 5.41) is 11.0. The van der Waals surface area contributed by atoms with Crippen molar-refractivity contribution >= 4 is 17.8 Å². The number of carbonyl (C=O) groups is 3. The zero-order valence-corrected chi connectivity index (χ0v) is 14.2. The number of halogens is 1. The third-order valence-corrected chi connectivity index (χ3v) is 4.83. The van der Waals surface area contributed by atoms with Gasteiger partial charge in [-0.1, -0.05) is 6.07 Å². The molecule has 1 aromatic rings. The molecule has 2 saturated heterocycles. The molecular weight excluding hydrogens is 343 g/mol. The molecule has 2 amide bonds. The Hall–Kier alpha value is -2.48. The van der Waals surface area contributed by atoms with Crippen molar-refractivity contribution in [3.8, 4) is 5.75 Å². The fraction of sp³-hybridized carbons (Fsp3) is 0.500. The summed E-state index contributed by atoms with van der Waals surface area (Å²) in [6.07, 6.45) is 1.06. The maximum atomic E-state index is 14.5. The SMILES string of the molecule is O=C(O)CN1CCC(c2ccc(OC3CCC(=O)NC3=O)cc2F)CC1. The highest BCUT2D eigenvalue weighted by Crippen LogP contribution is 2.32. The van der Waals surface area contributed by atoms with Crippen LogP contribution < -0.4 is 10.1 Å². The number of piperidine rings is 2. The van der Waals surface area contributed by atoms with Crippen LogP contribution in [-0.4, -0.2) is 53.5 Å². The van der Waals surface area contributed by atoms with Crippen molar-refractivity contribution in [1.82, 2.24) is 10.2 Å². The summed E-state index contributed by atoms with van der Waals surface area (Å²) in [7, 11) is 0. The average molecular weight is 364 g/mol. The van der Waals surface area contributed by atoms with E-state index in [2.05, 4.69) is 5.32 Å². The lowest BCUT2D eigenvalue weighted by Crippen LogP contribution is -2.46. The highest BCUT2D eigenvalue weighted by molar-refractivity contribution is 5.99. The number of nitrogens with zero attached hydrogens (tertiary/aromatic N) is 1. The number of benzene rings is 1.